The summed E-state index contributed by atoms with van der Waals surface area (Å²) in [5, 5.41) is 0. The van der Waals surface area contributed by atoms with Gasteiger partial charge in [0.25, 0.3) is 5.91 Å². The van der Waals surface area contributed by atoms with Gasteiger partial charge >= 0.3 is 0 Å². The maximum absolute atomic E-state index is 13.0. The molecule has 0 N–H and O–H groups in total. The number of aryl methyl sites for hydroxylation is 1. The minimum atomic E-state index is -3.58. The number of piperidine rings is 1. The molecule has 1 aliphatic heterocycles. The molecule has 0 atom stereocenters. The molecule has 1 fully saturated rings. The first kappa shape index (κ1) is 18.6. The Kier molecular flexibility index (Phi) is 5.44. The van der Waals surface area contributed by atoms with E-state index in [1.54, 1.807) is 26.1 Å². The monoisotopic (exact) mass is 372 g/mol. The third kappa shape index (κ3) is 3.66. The molecule has 2 aromatic rings. The lowest BCUT2D eigenvalue weighted by atomic mass is 10.1. The number of hydrogen-bond acceptors (Lipinski definition) is 3. The summed E-state index contributed by atoms with van der Waals surface area (Å²) < 4.78 is 27.6. The van der Waals surface area contributed by atoms with E-state index in [2.05, 4.69) is 0 Å². The van der Waals surface area contributed by atoms with E-state index in [1.807, 2.05) is 30.3 Å². The van der Waals surface area contributed by atoms with Crippen molar-refractivity contribution in [1.29, 1.82) is 0 Å². The molecule has 1 heterocycles. The highest BCUT2D eigenvalue weighted by Gasteiger charge is 2.28. The van der Waals surface area contributed by atoms with Crippen LogP contribution in [0.4, 0.5) is 5.69 Å². The van der Waals surface area contributed by atoms with Gasteiger partial charge in [-0.1, -0.05) is 30.7 Å². The van der Waals surface area contributed by atoms with Crippen LogP contribution in [0.3, 0.4) is 0 Å². The summed E-state index contributed by atoms with van der Waals surface area (Å²) in [5.74, 6) is -0.230. The fourth-order valence-corrected chi connectivity index (χ4v) is 4.99. The topological polar surface area (TPSA) is 57.7 Å². The van der Waals surface area contributed by atoms with E-state index >= 15 is 0 Å². The molecule has 26 heavy (non-hydrogen) atoms. The lowest BCUT2D eigenvalue weighted by Gasteiger charge is -2.27. The van der Waals surface area contributed by atoms with E-state index in [4.69, 9.17) is 0 Å². The molecule has 0 bridgehead atoms. The average molecular weight is 372 g/mol. The maximum Gasteiger partial charge on any atom is 0.258 e. The average Bonchev–Trinajstić information content (AvgIpc) is 2.68. The number of sulfonamides is 1. The second kappa shape index (κ2) is 7.60. The van der Waals surface area contributed by atoms with Gasteiger partial charge in [-0.05, 0) is 49.6 Å². The first-order chi connectivity index (χ1) is 12.4. The number of carbonyl (C=O) groups is 1. The highest BCUT2D eigenvalue weighted by atomic mass is 32.2. The summed E-state index contributed by atoms with van der Waals surface area (Å²) in [5.41, 5.74) is 1.80. The Balaban J connectivity index is 1.93. The van der Waals surface area contributed by atoms with Gasteiger partial charge in [0.1, 0.15) is 0 Å². The van der Waals surface area contributed by atoms with Crippen molar-refractivity contribution in [2.75, 3.05) is 25.0 Å². The van der Waals surface area contributed by atoms with Gasteiger partial charge in [0, 0.05) is 31.4 Å². The van der Waals surface area contributed by atoms with Crippen LogP contribution in [0.1, 0.15) is 35.2 Å². The molecule has 0 spiro atoms. The number of anilines is 1. The number of hydrogen-bond donors (Lipinski definition) is 0. The summed E-state index contributed by atoms with van der Waals surface area (Å²) in [7, 11) is -1.89. The second-order valence-corrected chi connectivity index (χ2v) is 8.55. The Bertz CT molecular complexity index is 889. The molecule has 0 aromatic heterocycles. The van der Waals surface area contributed by atoms with Crippen molar-refractivity contribution in [3.8, 4) is 0 Å². The SMILES string of the molecule is Cc1ccc(C(=O)N(C)c2ccccc2)cc1S(=O)(=O)N1CCCCC1. The van der Waals surface area contributed by atoms with Gasteiger partial charge in [-0.15, -0.1) is 0 Å². The Morgan fingerprint density at radius 1 is 1.00 bits per heavy atom. The molecular weight excluding hydrogens is 348 g/mol. The maximum atomic E-state index is 13.0. The minimum absolute atomic E-state index is 0.228. The standard InChI is InChI=1S/C20H24N2O3S/c1-16-11-12-17(20(23)21(2)18-9-5-3-6-10-18)15-19(16)26(24,25)22-13-7-4-8-14-22/h3,5-6,9-12,15H,4,7-8,13-14H2,1-2H3. The zero-order chi connectivity index (χ0) is 18.7. The molecule has 0 saturated carbocycles. The molecule has 2 aromatic carbocycles. The second-order valence-electron chi connectivity index (χ2n) is 6.64. The van der Waals surface area contributed by atoms with Crippen molar-refractivity contribution in [2.45, 2.75) is 31.1 Å². The highest BCUT2D eigenvalue weighted by molar-refractivity contribution is 7.89. The Hall–Kier alpha value is -2.18. The van der Waals surface area contributed by atoms with E-state index in [0.717, 1.165) is 24.9 Å². The summed E-state index contributed by atoms with van der Waals surface area (Å²) in [6.45, 7) is 2.86. The first-order valence-electron chi connectivity index (χ1n) is 8.85. The summed E-state index contributed by atoms with van der Waals surface area (Å²) in [4.78, 5) is 14.6. The molecule has 3 rings (SSSR count). The van der Waals surface area contributed by atoms with Crippen LogP contribution >= 0.6 is 0 Å². The van der Waals surface area contributed by atoms with Crippen molar-refractivity contribution in [3.63, 3.8) is 0 Å². The molecule has 5 nitrogen and oxygen atoms in total. The lowest BCUT2D eigenvalue weighted by molar-refractivity contribution is 0.0993. The van der Waals surface area contributed by atoms with E-state index in [1.165, 1.54) is 15.3 Å². The van der Waals surface area contributed by atoms with Crippen molar-refractivity contribution >= 4 is 21.6 Å². The largest absolute Gasteiger partial charge is 0.311 e. The van der Waals surface area contributed by atoms with Gasteiger partial charge in [-0.25, -0.2) is 8.42 Å². The smallest absolute Gasteiger partial charge is 0.258 e. The third-order valence-electron chi connectivity index (χ3n) is 4.82. The Morgan fingerprint density at radius 3 is 2.31 bits per heavy atom. The summed E-state index contributed by atoms with van der Waals surface area (Å²) in [6, 6.07) is 14.2. The van der Waals surface area contributed by atoms with Crippen LogP contribution < -0.4 is 4.90 Å². The molecule has 6 heteroatoms. The fraction of sp³-hybridized carbons (Fsp3) is 0.350. The van der Waals surface area contributed by atoms with Crippen LogP contribution in [-0.2, 0) is 10.0 Å². The third-order valence-corrected chi connectivity index (χ3v) is 6.86. The number of carbonyl (C=O) groups excluding carboxylic acids is 1. The molecule has 1 amide bonds. The molecular formula is C20H24N2O3S. The molecule has 0 unspecified atom stereocenters. The van der Waals surface area contributed by atoms with Gasteiger partial charge in [-0.2, -0.15) is 4.31 Å². The van der Waals surface area contributed by atoms with Crippen molar-refractivity contribution < 1.29 is 13.2 Å². The molecule has 0 aliphatic carbocycles. The predicted molar refractivity (Wildman–Crippen MR) is 103 cm³/mol. The van der Waals surface area contributed by atoms with Gasteiger partial charge in [0.2, 0.25) is 10.0 Å². The van der Waals surface area contributed by atoms with Crippen LogP contribution in [0.5, 0.6) is 0 Å². The molecule has 1 saturated heterocycles. The minimum Gasteiger partial charge on any atom is -0.311 e. The van der Waals surface area contributed by atoms with E-state index in [9.17, 15) is 13.2 Å². The van der Waals surface area contributed by atoms with Crippen molar-refractivity contribution in [2.24, 2.45) is 0 Å². The molecule has 138 valence electrons. The van der Waals surface area contributed by atoms with Crippen molar-refractivity contribution in [3.05, 3.63) is 59.7 Å². The number of amides is 1. The predicted octanol–water partition coefficient (Wildman–Crippen LogP) is 3.45. The van der Waals surface area contributed by atoms with E-state index < -0.39 is 10.0 Å². The lowest BCUT2D eigenvalue weighted by Crippen LogP contribution is -2.36. The van der Waals surface area contributed by atoms with Gasteiger partial charge in [0.05, 0.1) is 4.90 Å². The number of para-hydroxylation sites is 1. The van der Waals surface area contributed by atoms with Crippen LogP contribution in [0.15, 0.2) is 53.4 Å². The number of benzene rings is 2. The first-order valence-corrected chi connectivity index (χ1v) is 10.3. The van der Waals surface area contributed by atoms with Gasteiger partial charge in [-0.3, -0.25) is 4.79 Å². The van der Waals surface area contributed by atoms with Crippen LogP contribution in [0.25, 0.3) is 0 Å². The Labute approximate surface area is 155 Å². The number of rotatable bonds is 4. The molecule has 0 radical (unpaired) electrons. The summed E-state index contributed by atoms with van der Waals surface area (Å²) in [6.07, 6.45) is 2.83. The number of nitrogens with zero attached hydrogens (tertiary/aromatic N) is 2. The molecule has 1 aliphatic rings. The van der Waals surface area contributed by atoms with Crippen molar-refractivity contribution in [1.82, 2.24) is 4.31 Å². The van der Waals surface area contributed by atoms with Gasteiger partial charge < -0.3 is 4.90 Å². The Morgan fingerprint density at radius 2 is 1.65 bits per heavy atom. The zero-order valence-corrected chi connectivity index (χ0v) is 16.0. The van der Waals surface area contributed by atoms with Crippen LogP contribution in [-0.4, -0.2) is 38.8 Å². The fourth-order valence-electron chi connectivity index (χ4n) is 3.22. The zero-order valence-electron chi connectivity index (χ0n) is 15.2. The van der Waals surface area contributed by atoms with Crippen LogP contribution in [0, 0.1) is 6.92 Å². The van der Waals surface area contributed by atoms with E-state index in [0.29, 0.717) is 24.2 Å². The van der Waals surface area contributed by atoms with Gasteiger partial charge in [0.15, 0.2) is 0 Å². The van der Waals surface area contributed by atoms with E-state index in [-0.39, 0.29) is 10.8 Å². The quantitative estimate of drug-likeness (QED) is 0.826. The normalized spacial score (nSPS) is 15.6. The highest BCUT2D eigenvalue weighted by Crippen LogP contribution is 2.25. The van der Waals surface area contributed by atoms with Crippen LogP contribution in [0.2, 0.25) is 0 Å². The summed E-state index contributed by atoms with van der Waals surface area (Å²) >= 11 is 0.